The van der Waals surface area contributed by atoms with Gasteiger partial charge in [-0.2, -0.15) is 6.07 Å². The molecule has 0 spiro atoms. The van der Waals surface area contributed by atoms with Crippen LogP contribution in [0.2, 0.25) is 0 Å². The van der Waals surface area contributed by atoms with Crippen LogP contribution < -0.4 is 0 Å². The van der Waals surface area contributed by atoms with E-state index in [-0.39, 0.29) is 19.5 Å². The van der Waals surface area contributed by atoms with Gasteiger partial charge in [0.25, 0.3) is 0 Å². The van der Waals surface area contributed by atoms with Crippen molar-refractivity contribution in [2.75, 3.05) is 0 Å². The van der Waals surface area contributed by atoms with E-state index in [0.717, 1.165) is 0 Å². The van der Waals surface area contributed by atoms with Crippen LogP contribution in [0.5, 0.6) is 0 Å². The van der Waals surface area contributed by atoms with Gasteiger partial charge in [-0.3, -0.25) is 4.98 Å². The van der Waals surface area contributed by atoms with E-state index in [9.17, 15) is 4.79 Å². The fourth-order valence-corrected chi connectivity index (χ4v) is 1.19. The summed E-state index contributed by atoms with van der Waals surface area (Å²) in [5, 5.41) is 0. The van der Waals surface area contributed by atoms with E-state index in [1.807, 2.05) is 24.5 Å². The van der Waals surface area contributed by atoms with Gasteiger partial charge in [-0.05, 0) is 17.8 Å². The number of hydrogen-bond donors (Lipinski definition) is 0. The van der Waals surface area contributed by atoms with Crippen LogP contribution >= 0.6 is 0 Å². The standard InChI is InChI=1S/C11H7N2O.Ru/c14-8-9-4-3-7-13-11(9)10-5-1-2-6-12-10;/h1-7H;/q-1;+1. The monoisotopic (exact) mass is 285 g/mol. The third kappa shape index (κ3) is 2.54. The van der Waals surface area contributed by atoms with Gasteiger partial charge in [0.05, 0.1) is 6.29 Å². The van der Waals surface area contributed by atoms with Gasteiger partial charge in [-0.15, -0.1) is 11.6 Å². The molecular formula is C11H7N2ORu. The van der Waals surface area contributed by atoms with Crippen LogP contribution in [0.4, 0.5) is 0 Å². The molecule has 2 aromatic heterocycles. The first-order valence-corrected chi connectivity index (χ1v) is 4.16. The Morgan fingerprint density at radius 3 is 2.47 bits per heavy atom. The van der Waals surface area contributed by atoms with E-state index in [2.05, 4.69) is 9.97 Å². The number of rotatable bonds is 2. The molecule has 1 radical (unpaired) electrons. The second kappa shape index (κ2) is 5.47. The van der Waals surface area contributed by atoms with E-state index < -0.39 is 0 Å². The summed E-state index contributed by atoms with van der Waals surface area (Å²) in [6, 6.07) is 8.85. The third-order valence-electron chi connectivity index (χ3n) is 1.83. The van der Waals surface area contributed by atoms with Crippen molar-refractivity contribution in [1.82, 2.24) is 9.97 Å². The van der Waals surface area contributed by atoms with Crippen LogP contribution in [0.25, 0.3) is 11.4 Å². The number of aromatic nitrogens is 2. The van der Waals surface area contributed by atoms with Crippen molar-refractivity contribution >= 4 is 6.29 Å². The van der Waals surface area contributed by atoms with E-state index in [1.165, 1.54) is 0 Å². The molecule has 0 atom stereocenters. The molecule has 15 heavy (non-hydrogen) atoms. The molecule has 0 aliphatic heterocycles. The molecule has 2 aromatic rings. The van der Waals surface area contributed by atoms with E-state index >= 15 is 0 Å². The average molecular weight is 284 g/mol. The summed E-state index contributed by atoms with van der Waals surface area (Å²) in [6.07, 6.45) is 5.14. The van der Waals surface area contributed by atoms with Crippen LogP contribution in [0.1, 0.15) is 5.56 Å². The maximum absolute atomic E-state index is 10.6. The molecule has 0 saturated heterocycles. The van der Waals surface area contributed by atoms with E-state index in [1.54, 1.807) is 24.5 Å². The quantitative estimate of drug-likeness (QED) is 0.621. The van der Waals surface area contributed by atoms with Gasteiger partial charge >= 0.3 is 19.5 Å². The van der Waals surface area contributed by atoms with Crippen LogP contribution in [0.3, 0.4) is 0 Å². The molecule has 0 fully saturated rings. The Bertz CT molecular complexity index is 445. The third-order valence-corrected chi connectivity index (χ3v) is 1.83. The van der Waals surface area contributed by atoms with Crippen LogP contribution in [-0.4, -0.2) is 16.3 Å². The zero-order valence-corrected chi connectivity index (χ0v) is 9.44. The molecule has 75 valence electrons. The van der Waals surface area contributed by atoms with E-state index in [0.29, 0.717) is 17.0 Å². The number of hydrogen-bond acceptors (Lipinski definition) is 3. The molecule has 0 N–H and O–H groups in total. The Morgan fingerprint density at radius 1 is 1.00 bits per heavy atom. The topological polar surface area (TPSA) is 42.9 Å². The second-order valence-corrected chi connectivity index (χ2v) is 2.72. The summed E-state index contributed by atoms with van der Waals surface area (Å²) in [5.74, 6) is 0. The Hall–Kier alpha value is -1.41. The number of carbonyl (C=O) groups excluding carboxylic acids is 1. The minimum Gasteiger partial charge on any atom is -0.376 e. The van der Waals surface area contributed by atoms with Crippen molar-refractivity contribution in [1.29, 1.82) is 0 Å². The molecule has 0 aromatic carbocycles. The molecule has 4 heteroatoms. The van der Waals surface area contributed by atoms with Crippen molar-refractivity contribution in [3.05, 3.63) is 48.3 Å². The number of nitrogens with zero attached hydrogens (tertiary/aromatic N) is 2. The molecule has 0 bridgehead atoms. The minimum absolute atomic E-state index is 0. The fourth-order valence-electron chi connectivity index (χ4n) is 1.19. The molecule has 0 saturated carbocycles. The van der Waals surface area contributed by atoms with Gasteiger partial charge in [-0.25, -0.2) is 0 Å². The van der Waals surface area contributed by atoms with Crippen molar-refractivity contribution < 1.29 is 24.3 Å². The van der Waals surface area contributed by atoms with Crippen molar-refractivity contribution in [3.8, 4) is 11.4 Å². The first-order chi connectivity index (χ1) is 6.92. The van der Waals surface area contributed by atoms with Crippen molar-refractivity contribution in [2.24, 2.45) is 0 Å². The Kier molecular flexibility index (Phi) is 4.25. The normalized spacial score (nSPS) is 9.07. The van der Waals surface area contributed by atoms with Crippen LogP contribution in [-0.2, 0) is 24.3 Å². The fraction of sp³-hybridized carbons (Fsp3) is 0. The molecule has 2 rings (SSSR count). The number of pyridine rings is 2. The molecule has 0 amide bonds. The van der Waals surface area contributed by atoms with Crippen molar-refractivity contribution in [2.45, 2.75) is 0 Å². The van der Waals surface area contributed by atoms with Gasteiger partial charge in [0.1, 0.15) is 0 Å². The van der Waals surface area contributed by atoms with Crippen LogP contribution in [0, 0.1) is 0 Å². The van der Waals surface area contributed by atoms with Crippen molar-refractivity contribution in [3.63, 3.8) is 0 Å². The van der Waals surface area contributed by atoms with Gasteiger partial charge in [0, 0.05) is 18.1 Å². The largest absolute Gasteiger partial charge is 1.00 e. The first kappa shape index (κ1) is 11.7. The van der Waals surface area contributed by atoms with Gasteiger partial charge in [0.2, 0.25) is 0 Å². The molecular weight excluding hydrogens is 277 g/mol. The smallest absolute Gasteiger partial charge is 0.376 e. The zero-order chi connectivity index (χ0) is 9.80. The maximum Gasteiger partial charge on any atom is 1.00 e. The van der Waals surface area contributed by atoms with Gasteiger partial charge < -0.3 is 9.78 Å². The zero-order valence-electron chi connectivity index (χ0n) is 7.70. The first-order valence-electron chi connectivity index (χ1n) is 4.16. The van der Waals surface area contributed by atoms with Gasteiger partial charge in [-0.1, -0.05) is 6.07 Å². The summed E-state index contributed by atoms with van der Waals surface area (Å²) in [6.45, 7) is 0. The summed E-state index contributed by atoms with van der Waals surface area (Å²) >= 11 is 0. The SMILES string of the molecule is O=[C-]c1cccnc1-c1ccccn1.[Ru+]. The predicted octanol–water partition coefficient (Wildman–Crippen LogP) is 1.60. The predicted molar refractivity (Wildman–Crippen MR) is 52.3 cm³/mol. The maximum atomic E-state index is 10.6. The Labute approximate surface area is 100 Å². The minimum atomic E-state index is 0. The van der Waals surface area contributed by atoms with Gasteiger partial charge in [0.15, 0.2) is 0 Å². The summed E-state index contributed by atoms with van der Waals surface area (Å²) in [5.41, 5.74) is 1.70. The molecule has 0 aliphatic carbocycles. The summed E-state index contributed by atoms with van der Waals surface area (Å²) in [4.78, 5) is 18.8. The second-order valence-electron chi connectivity index (χ2n) is 2.72. The molecule has 0 aliphatic rings. The molecule has 3 nitrogen and oxygen atoms in total. The Balaban J connectivity index is 0.00000112. The van der Waals surface area contributed by atoms with E-state index in [4.69, 9.17) is 0 Å². The molecule has 0 unspecified atom stereocenters. The van der Waals surface area contributed by atoms with Crippen LogP contribution in [0.15, 0.2) is 42.7 Å². The molecule has 2 heterocycles. The Morgan fingerprint density at radius 2 is 1.80 bits per heavy atom. The summed E-state index contributed by atoms with van der Waals surface area (Å²) in [7, 11) is 0. The average Bonchev–Trinajstić information content (AvgIpc) is 2.30. The summed E-state index contributed by atoms with van der Waals surface area (Å²) < 4.78 is 0.